The number of benzene rings is 2. The molecule has 0 heterocycles. The summed E-state index contributed by atoms with van der Waals surface area (Å²) in [7, 11) is 0. The number of carbonyl (C=O) groups excluding carboxylic acids is 3. The highest BCUT2D eigenvalue weighted by molar-refractivity contribution is 5.92. The van der Waals surface area contributed by atoms with Gasteiger partial charge in [-0.05, 0) is 36.1 Å². The van der Waals surface area contributed by atoms with Crippen molar-refractivity contribution in [3.05, 3.63) is 70.8 Å². The molecule has 0 fully saturated rings. The van der Waals surface area contributed by atoms with Gasteiger partial charge in [0.15, 0.2) is 6.61 Å². The van der Waals surface area contributed by atoms with Gasteiger partial charge in [0.25, 0.3) is 5.91 Å². The number of esters is 1. The Morgan fingerprint density at radius 3 is 2.62 bits per heavy atom. The summed E-state index contributed by atoms with van der Waals surface area (Å²) in [5, 5.41) is 2.90. The number of nitrogens with one attached hydrogen (secondary N) is 1. The molecule has 0 saturated heterocycles. The van der Waals surface area contributed by atoms with Gasteiger partial charge < -0.3 is 10.1 Å². The predicted molar refractivity (Wildman–Crippen MR) is 87.8 cm³/mol. The second-order valence-electron chi connectivity index (χ2n) is 5.67. The Morgan fingerprint density at radius 2 is 1.88 bits per heavy atom. The maximum absolute atomic E-state index is 12.0. The molecule has 24 heavy (non-hydrogen) atoms. The number of rotatable bonds is 5. The molecular formula is C19H17NO4. The Balaban J connectivity index is 1.52. The van der Waals surface area contributed by atoms with Gasteiger partial charge in [0.1, 0.15) is 6.29 Å². The maximum atomic E-state index is 12.0. The summed E-state index contributed by atoms with van der Waals surface area (Å²) in [5.74, 6) is -0.913. The van der Waals surface area contributed by atoms with Gasteiger partial charge in [-0.2, -0.15) is 0 Å². The molecular weight excluding hydrogens is 306 g/mol. The van der Waals surface area contributed by atoms with Crippen LogP contribution in [0, 0.1) is 0 Å². The van der Waals surface area contributed by atoms with Gasteiger partial charge in [-0.15, -0.1) is 0 Å². The van der Waals surface area contributed by atoms with Crippen LogP contribution < -0.4 is 5.32 Å². The summed E-state index contributed by atoms with van der Waals surface area (Å²) in [5.41, 5.74) is 3.15. The number of carbonyl (C=O) groups is 3. The van der Waals surface area contributed by atoms with Crippen LogP contribution in [0.15, 0.2) is 48.5 Å². The average molecular weight is 323 g/mol. The van der Waals surface area contributed by atoms with Crippen LogP contribution in [0.3, 0.4) is 0 Å². The number of aryl methyl sites for hydroxylation is 1. The van der Waals surface area contributed by atoms with Crippen LogP contribution in [0.5, 0.6) is 0 Å². The molecule has 1 N–H and O–H groups in total. The van der Waals surface area contributed by atoms with E-state index < -0.39 is 5.97 Å². The number of hydrogen-bond acceptors (Lipinski definition) is 4. The predicted octanol–water partition coefficient (Wildman–Crippen LogP) is 2.46. The lowest BCUT2D eigenvalue weighted by Crippen LogP contribution is -2.31. The van der Waals surface area contributed by atoms with E-state index in [2.05, 4.69) is 11.4 Å². The molecule has 0 bridgehead atoms. The first-order valence-corrected chi connectivity index (χ1v) is 7.77. The number of amides is 1. The van der Waals surface area contributed by atoms with Crippen molar-refractivity contribution in [1.82, 2.24) is 5.32 Å². The highest BCUT2D eigenvalue weighted by Crippen LogP contribution is 2.30. The SMILES string of the molecule is O=Cc1ccc(C(=O)OCC(=O)N[C@H]2CCc3ccccc32)cc1. The summed E-state index contributed by atoms with van der Waals surface area (Å²) in [6.07, 6.45) is 2.48. The zero-order valence-corrected chi connectivity index (χ0v) is 13.0. The van der Waals surface area contributed by atoms with E-state index >= 15 is 0 Å². The van der Waals surface area contributed by atoms with Crippen LogP contribution in [-0.4, -0.2) is 24.8 Å². The summed E-state index contributed by atoms with van der Waals surface area (Å²) in [6, 6.07) is 14.0. The Hall–Kier alpha value is -2.95. The molecule has 0 radical (unpaired) electrons. The third-order valence-corrected chi connectivity index (χ3v) is 4.08. The Kier molecular flexibility index (Phi) is 4.70. The first kappa shape index (κ1) is 15.9. The Bertz CT molecular complexity index is 767. The normalized spacial score (nSPS) is 15.4. The van der Waals surface area contributed by atoms with Gasteiger partial charge in [0.2, 0.25) is 0 Å². The summed E-state index contributed by atoms with van der Waals surface area (Å²) in [4.78, 5) is 34.5. The minimum Gasteiger partial charge on any atom is -0.452 e. The van der Waals surface area contributed by atoms with Gasteiger partial charge >= 0.3 is 5.97 Å². The van der Waals surface area contributed by atoms with E-state index in [4.69, 9.17) is 4.74 Å². The minimum atomic E-state index is -0.588. The third kappa shape index (κ3) is 3.51. The highest BCUT2D eigenvalue weighted by atomic mass is 16.5. The van der Waals surface area contributed by atoms with E-state index in [0.29, 0.717) is 17.4 Å². The molecule has 2 aromatic rings. The second kappa shape index (κ2) is 7.08. The van der Waals surface area contributed by atoms with Crippen molar-refractivity contribution in [2.24, 2.45) is 0 Å². The first-order chi connectivity index (χ1) is 11.7. The van der Waals surface area contributed by atoms with Crippen LogP contribution in [0.2, 0.25) is 0 Å². The number of hydrogen-bond donors (Lipinski definition) is 1. The van der Waals surface area contributed by atoms with Crippen LogP contribution in [0.25, 0.3) is 0 Å². The van der Waals surface area contributed by atoms with Crippen LogP contribution in [0.1, 0.15) is 44.3 Å². The molecule has 1 aliphatic rings. The molecule has 5 nitrogen and oxygen atoms in total. The van der Waals surface area contributed by atoms with Crippen LogP contribution in [0.4, 0.5) is 0 Å². The standard InChI is InChI=1S/C19H17NO4/c21-11-13-5-7-15(8-6-13)19(23)24-12-18(22)20-17-10-9-14-3-1-2-4-16(14)17/h1-8,11,17H,9-10,12H2,(H,20,22)/t17-/m0/s1. The molecule has 1 amide bonds. The molecule has 0 spiro atoms. The molecule has 2 aromatic carbocycles. The Morgan fingerprint density at radius 1 is 1.12 bits per heavy atom. The summed E-state index contributed by atoms with van der Waals surface area (Å²) >= 11 is 0. The first-order valence-electron chi connectivity index (χ1n) is 7.77. The average Bonchev–Trinajstić information content (AvgIpc) is 3.03. The molecule has 122 valence electrons. The molecule has 0 saturated carbocycles. The quantitative estimate of drug-likeness (QED) is 0.678. The summed E-state index contributed by atoms with van der Waals surface area (Å²) in [6.45, 7) is -0.326. The molecule has 0 aliphatic heterocycles. The molecule has 3 rings (SSSR count). The summed E-state index contributed by atoms with van der Waals surface area (Å²) < 4.78 is 5.02. The second-order valence-corrected chi connectivity index (χ2v) is 5.67. The van der Waals surface area contributed by atoms with Crippen LogP contribution >= 0.6 is 0 Å². The van der Waals surface area contributed by atoms with Crippen molar-refractivity contribution in [2.45, 2.75) is 18.9 Å². The van der Waals surface area contributed by atoms with E-state index in [1.807, 2.05) is 18.2 Å². The number of ether oxygens (including phenoxy) is 1. The van der Waals surface area contributed by atoms with Crippen molar-refractivity contribution >= 4 is 18.2 Å². The van der Waals surface area contributed by atoms with E-state index in [1.165, 1.54) is 29.8 Å². The molecule has 0 unspecified atom stereocenters. The van der Waals surface area contributed by atoms with Crippen molar-refractivity contribution in [1.29, 1.82) is 0 Å². The number of aldehydes is 1. The monoisotopic (exact) mass is 323 g/mol. The van der Waals surface area contributed by atoms with Crippen molar-refractivity contribution in [3.8, 4) is 0 Å². The van der Waals surface area contributed by atoms with Gasteiger partial charge in [0.05, 0.1) is 11.6 Å². The number of fused-ring (bicyclic) bond motifs is 1. The minimum absolute atomic E-state index is 0.0284. The lowest BCUT2D eigenvalue weighted by molar-refractivity contribution is -0.125. The lowest BCUT2D eigenvalue weighted by Gasteiger charge is -2.14. The largest absolute Gasteiger partial charge is 0.452 e. The fourth-order valence-electron chi connectivity index (χ4n) is 2.86. The molecule has 1 atom stereocenters. The third-order valence-electron chi connectivity index (χ3n) is 4.08. The van der Waals surface area contributed by atoms with Crippen molar-refractivity contribution in [3.63, 3.8) is 0 Å². The van der Waals surface area contributed by atoms with Gasteiger partial charge in [0, 0.05) is 5.56 Å². The van der Waals surface area contributed by atoms with Gasteiger partial charge in [-0.3, -0.25) is 9.59 Å². The van der Waals surface area contributed by atoms with Crippen molar-refractivity contribution in [2.75, 3.05) is 6.61 Å². The van der Waals surface area contributed by atoms with E-state index in [1.54, 1.807) is 0 Å². The van der Waals surface area contributed by atoms with E-state index in [-0.39, 0.29) is 18.6 Å². The van der Waals surface area contributed by atoms with Gasteiger partial charge in [-0.25, -0.2) is 4.79 Å². The molecule has 1 aliphatic carbocycles. The highest BCUT2D eigenvalue weighted by Gasteiger charge is 2.23. The maximum Gasteiger partial charge on any atom is 0.338 e. The zero-order valence-electron chi connectivity index (χ0n) is 13.0. The Labute approximate surface area is 139 Å². The molecule has 0 aromatic heterocycles. The van der Waals surface area contributed by atoms with Crippen molar-refractivity contribution < 1.29 is 19.1 Å². The van der Waals surface area contributed by atoms with E-state index in [9.17, 15) is 14.4 Å². The van der Waals surface area contributed by atoms with E-state index in [0.717, 1.165) is 18.4 Å². The zero-order chi connectivity index (χ0) is 16.9. The fraction of sp³-hybridized carbons (Fsp3) is 0.211. The molecule has 5 heteroatoms. The fourth-order valence-corrected chi connectivity index (χ4v) is 2.86. The van der Waals surface area contributed by atoms with Crippen LogP contribution in [-0.2, 0) is 16.0 Å². The smallest absolute Gasteiger partial charge is 0.338 e. The lowest BCUT2D eigenvalue weighted by atomic mass is 10.1. The topological polar surface area (TPSA) is 72.5 Å². The van der Waals surface area contributed by atoms with Gasteiger partial charge in [-0.1, -0.05) is 36.4 Å².